The van der Waals surface area contributed by atoms with E-state index in [1.807, 2.05) is 59.2 Å². The van der Waals surface area contributed by atoms with Gasteiger partial charge < -0.3 is 9.80 Å². The van der Waals surface area contributed by atoms with Crippen LogP contribution in [-0.2, 0) is 11.2 Å². The molecule has 0 saturated carbocycles. The van der Waals surface area contributed by atoms with E-state index in [9.17, 15) is 9.59 Å². The van der Waals surface area contributed by atoms with E-state index in [-0.39, 0.29) is 11.8 Å². The van der Waals surface area contributed by atoms with Crippen molar-refractivity contribution in [2.75, 3.05) is 26.2 Å². The van der Waals surface area contributed by atoms with Gasteiger partial charge >= 0.3 is 0 Å². The predicted molar refractivity (Wildman–Crippen MR) is 103 cm³/mol. The van der Waals surface area contributed by atoms with Crippen molar-refractivity contribution in [2.24, 2.45) is 0 Å². The van der Waals surface area contributed by atoms with Crippen molar-refractivity contribution in [3.63, 3.8) is 0 Å². The molecule has 0 spiro atoms. The average Bonchev–Trinajstić information content (AvgIpc) is 2.92. The first-order valence-corrected chi connectivity index (χ1v) is 9.31. The molecule has 4 nitrogen and oxygen atoms in total. The largest absolute Gasteiger partial charge is 0.341 e. The van der Waals surface area contributed by atoms with Crippen LogP contribution in [0.1, 0.15) is 34.3 Å². The molecule has 1 heterocycles. The summed E-state index contributed by atoms with van der Waals surface area (Å²) in [7, 11) is 0. The van der Waals surface area contributed by atoms with Crippen LogP contribution in [0.15, 0.2) is 54.6 Å². The van der Waals surface area contributed by atoms with Crippen LogP contribution in [0.2, 0.25) is 0 Å². The highest BCUT2D eigenvalue weighted by Crippen LogP contribution is 2.12. The van der Waals surface area contributed by atoms with Gasteiger partial charge in [-0.25, -0.2) is 0 Å². The quantitative estimate of drug-likeness (QED) is 0.849. The van der Waals surface area contributed by atoms with Crippen molar-refractivity contribution in [1.29, 1.82) is 0 Å². The molecule has 1 aliphatic rings. The zero-order valence-corrected chi connectivity index (χ0v) is 15.4. The molecule has 3 rings (SSSR count). The van der Waals surface area contributed by atoms with E-state index in [1.54, 1.807) is 0 Å². The first kappa shape index (κ1) is 18.2. The van der Waals surface area contributed by atoms with Crippen molar-refractivity contribution in [3.05, 3.63) is 71.3 Å². The molecule has 0 N–H and O–H groups in total. The number of benzene rings is 2. The number of hydrogen-bond acceptors (Lipinski definition) is 2. The molecule has 2 aromatic rings. The summed E-state index contributed by atoms with van der Waals surface area (Å²) in [5, 5.41) is 0. The number of nitrogens with zero attached hydrogens (tertiary/aromatic N) is 2. The number of carbonyl (C=O) groups is 2. The Labute approximate surface area is 155 Å². The van der Waals surface area contributed by atoms with E-state index in [2.05, 4.69) is 12.1 Å². The van der Waals surface area contributed by atoms with Gasteiger partial charge in [0.1, 0.15) is 0 Å². The molecule has 0 aliphatic carbocycles. The normalized spacial score (nSPS) is 14.8. The third-order valence-corrected chi connectivity index (χ3v) is 4.87. The Hall–Kier alpha value is -2.62. The molecule has 2 amide bonds. The van der Waals surface area contributed by atoms with Crippen molar-refractivity contribution in [3.8, 4) is 0 Å². The number of aryl methyl sites for hydroxylation is 2. The lowest BCUT2D eigenvalue weighted by Gasteiger charge is -2.22. The van der Waals surface area contributed by atoms with Crippen molar-refractivity contribution in [2.45, 2.75) is 26.2 Å². The average molecular weight is 350 g/mol. The lowest BCUT2D eigenvalue weighted by atomic mass is 10.1. The topological polar surface area (TPSA) is 40.6 Å². The monoisotopic (exact) mass is 350 g/mol. The van der Waals surface area contributed by atoms with Gasteiger partial charge in [-0.2, -0.15) is 0 Å². The molecule has 2 aromatic carbocycles. The third kappa shape index (κ3) is 4.72. The molecular formula is C22H26N2O2. The number of rotatable bonds is 4. The third-order valence-electron chi connectivity index (χ3n) is 4.87. The number of carbonyl (C=O) groups excluding carboxylic acids is 2. The van der Waals surface area contributed by atoms with Crippen molar-refractivity contribution < 1.29 is 9.59 Å². The molecular weight excluding hydrogens is 324 g/mol. The first-order valence-electron chi connectivity index (χ1n) is 9.31. The summed E-state index contributed by atoms with van der Waals surface area (Å²) in [6.45, 7) is 4.64. The fraction of sp³-hybridized carbons (Fsp3) is 0.364. The number of hydrogen-bond donors (Lipinski definition) is 0. The molecule has 4 heteroatoms. The van der Waals surface area contributed by atoms with Gasteiger partial charge in [0.25, 0.3) is 5.91 Å². The van der Waals surface area contributed by atoms with Gasteiger partial charge in [-0.05, 0) is 37.5 Å². The summed E-state index contributed by atoms with van der Waals surface area (Å²) in [5.41, 5.74) is 3.00. The van der Waals surface area contributed by atoms with Gasteiger partial charge in [0.05, 0.1) is 0 Å². The van der Waals surface area contributed by atoms with Crippen LogP contribution in [0.25, 0.3) is 0 Å². The summed E-state index contributed by atoms with van der Waals surface area (Å²) >= 11 is 0. The summed E-state index contributed by atoms with van der Waals surface area (Å²) in [4.78, 5) is 29.0. The van der Waals surface area contributed by atoms with Gasteiger partial charge in [0.2, 0.25) is 5.91 Å². The maximum Gasteiger partial charge on any atom is 0.253 e. The molecule has 26 heavy (non-hydrogen) atoms. The van der Waals surface area contributed by atoms with Gasteiger partial charge in [0, 0.05) is 38.2 Å². The Morgan fingerprint density at radius 3 is 2.38 bits per heavy atom. The Balaban J connectivity index is 1.54. The van der Waals surface area contributed by atoms with Gasteiger partial charge in [-0.15, -0.1) is 0 Å². The predicted octanol–water partition coefficient (Wildman–Crippen LogP) is 3.30. The van der Waals surface area contributed by atoms with E-state index < -0.39 is 0 Å². The van der Waals surface area contributed by atoms with Crippen LogP contribution in [0.5, 0.6) is 0 Å². The maximum atomic E-state index is 12.7. The van der Waals surface area contributed by atoms with Crippen LogP contribution in [0.3, 0.4) is 0 Å². The zero-order valence-electron chi connectivity index (χ0n) is 15.4. The van der Waals surface area contributed by atoms with E-state index >= 15 is 0 Å². The second-order valence-electron chi connectivity index (χ2n) is 6.88. The van der Waals surface area contributed by atoms with E-state index in [1.165, 1.54) is 5.56 Å². The highest BCUT2D eigenvalue weighted by Gasteiger charge is 2.22. The van der Waals surface area contributed by atoms with Gasteiger partial charge in [0.15, 0.2) is 0 Å². The van der Waals surface area contributed by atoms with Crippen molar-refractivity contribution >= 4 is 11.8 Å². The number of amides is 2. The molecule has 1 aliphatic heterocycles. The smallest absolute Gasteiger partial charge is 0.253 e. The highest BCUT2D eigenvalue weighted by atomic mass is 16.2. The highest BCUT2D eigenvalue weighted by molar-refractivity contribution is 5.94. The minimum atomic E-state index is 0.0623. The molecule has 0 radical (unpaired) electrons. The van der Waals surface area contributed by atoms with Crippen LogP contribution >= 0.6 is 0 Å². The lowest BCUT2D eigenvalue weighted by molar-refractivity contribution is -0.131. The summed E-state index contributed by atoms with van der Waals surface area (Å²) in [6, 6.07) is 17.8. The van der Waals surface area contributed by atoms with E-state index in [0.29, 0.717) is 26.1 Å². The second-order valence-corrected chi connectivity index (χ2v) is 6.88. The minimum absolute atomic E-state index is 0.0623. The van der Waals surface area contributed by atoms with Gasteiger partial charge in [-0.1, -0.05) is 48.0 Å². The second kappa shape index (κ2) is 8.65. The molecule has 136 valence electrons. The Bertz CT molecular complexity index is 758. The fourth-order valence-corrected chi connectivity index (χ4v) is 3.38. The van der Waals surface area contributed by atoms with E-state index in [0.717, 1.165) is 30.5 Å². The Morgan fingerprint density at radius 1 is 0.885 bits per heavy atom. The van der Waals surface area contributed by atoms with Gasteiger partial charge in [-0.3, -0.25) is 9.59 Å². The summed E-state index contributed by atoms with van der Waals surface area (Å²) in [5.74, 6) is 0.242. The molecule has 0 unspecified atom stereocenters. The standard InChI is InChI=1S/C22H26N2O2/c1-18-7-5-10-20(17-18)22(26)24-14-6-13-23(15-16-24)21(25)12-11-19-8-3-2-4-9-19/h2-5,7-10,17H,6,11-16H2,1H3. The van der Waals surface area contributed by atoms with Crippen LogP contribution in [-0.4, -0.2) is 47.8 Å². The minimum Gasteiger partial charge on any atom is -0.341 e. The summed E-state index contributed by atoms with van der Waals surface area (Å²) < 4.78 is 0. The van der Waals surface area contributed by atoms with E-state index in [4.69, 9.17) is 0 Å². The Morgan fingerprint density at radius 2 is 1.62 bits per heavy atom. The van der Waals surface area contributed by atoms with Crippen LogP contribution < -0.4 is 0 Å². The van der Waals surface area contributed by atoms with Crippen LogP contribution in [0.4, 0.5) is 0 Å². The molecule has 0 aromatic heterocycles. The molecule has 0 bridgehead atoms. The molecule has 1 saturated heterocycles. The Kier molecular flexibility index (Phi) is 6.05. The molecule has 0 atom stereocenters. The lowest BCUT2D eigenvalue weighted by Crippen LogP contribution is -2.37. The van der Waals surface area contributed by atoms with Crippen molar-refractivity contribution in [1.82, 2.24) is 9.80 Å². The fourth-order valence-electron chi connectivity index (χ4n) is 3.38. The first-order chi connectivity index (χ1) is 12.6. The summed E-state index contributed by atoms with van der Waals surface area (Å²) in [6.07, 6.45) is 2.12. The zero-order chi connectivity index (χ0) is 18.4. The SMILES string of the molecule is Cc1cccc(C(=O)N2CCCN(C(=O)CCc3ccccc3)CC2)c1. The maximum absolute atomic E-state index is 12.7. The molecule has 1 fully saturated rings. The van der Waals surface area contributed by atoms with Crippen LogP contribution in [0, 0.1) is 6.92 Å².